The molecular formula is C17H21ClN4O2. The van der Waals surface area contributed by atoms with Gasteiger partial charge in [-0.05, 0) is 30.3 Å². The van der Waals surface area contributed by atoms with Crippen LogP contribution >= 0.6 is 11.6 Å². The van der Waals surface area contributed by atoms with Crippen LogP contribution in [-0.4, -0.2) is 54.6 Å². The van der Waals surface area contributed by atoms with Crippen molar-refractivity contribution in [3.8, 4) is 5.75 Å². The third kappa shape index (κ3) is 4.56. The molecule has 2 aromatic rings. The van der Waals surface area contributed by atoms with Crippen LogP contribution in [0, 0.1) is 0 Å². The first-order valence-electron chi connectivity index (χ1n) is 7.92. The summed E-state index contributed by atoms with van der Waals surface area (Å²) in [5.74, 6) is 1.62. The Kier molecular flexibility index (Phi) is 5.85. The van der Waals surface area contributed by atoms with Gasteiger partial charge >= 0.3 is 0 Å². The number of morpholine rings is 1. The Bertz CT molecular complexity index is 656. The Morgan fingerprint density at radius 1 is 1.42 bits per heavy atom. The molecule has 0 aliphatic carbocycles. The topological polar surface area (TPSA) is 59.5 Å². The summed E-state index contributed by atoms with van der Waals surface area (Å²) in [5, 5.41) is 11.9. The van der Waals surface area contributed by atoms with Crippen molar-refractivity contribution in [2.24, 2.45) is 0 Å². The van der Waals surface area contributed by atoms with Crippen LogP contribution in [0.2, 0.25) is 5.02 Å². The summed E-state index contributed by atoms with van der Waals surface area (Å²) < 4.78 is 11.3. The lowest BCUT2D eigenvalue weighted by Gasteiger charge is -2.33. The Hall–Kier alpha value is -1.89. The standard InChI is InChI=1S/C17H21ClN4O2/c1-23-16-5-4-14(18)9-13(16)11-22-7-8-24-15(12-22)10-19-17-3-2-6-20-21-17/h2-6,9,15H,7-8,10-12H2,1H3,(H,19,21)/t15-/m1/s1. The number of hydrogen-bond acceptors (Lipinski definition) is 6. The average molecular weight is 349 g/mol. The molecule has 0 bridgehead atoms. The van der Waals surface area contributed by atoms with E-state index < -0.39 is 0 Å². The molecule has 0 saturated carbocycles. The molecule has 1 aromatic carbocycles. The molecule has 1 N–H and O–H groups in total. The molecule has 1 saturated heterocycles. The Morgan fingerprint density at radius 3 is 3.12 bits per heavy atom. The Balaban J connectivity index is 1.56. The van der Waals surface area contributed by atoms with E-state index in [1.165, 1.54) is 0 Å². The molecule has 128 valence electrons. The normalized spacial score (nSPS) is 18.3. The van der Waals surface area contributed by atoms with Gasteiger partial charge < -0.3 is 14.8 Å². The van der Waals surface area contributed by atoms with Gasteiger partial charge in [0, 0.05) is 43.0 Å². The molecular weight excluding hydrogens is 328 g/mol. The second-order valence-corrected chi connectivity index (χ2v) is 6.11. The zero-order valence-corrected chi connectivity index (χ0v) is 14.4. The maximum absolute atomic E-state index is 6.12. The van der Waals surface area contributed by atoms with Gasteiger partial charge in [-0.15, -0.1) is 5.10 Å². The van der Waals surface area contributed by atoms with Crippen LogP contribution in [-0.2, 0) is 11.3 Å². The van der Waals surface area contributed by atoms with Gasteiger partial charge in [-0.2, -0.15) is 5.10 Å². The van der Waals surface area contributed by atoms with Crippen molar-refractivity contribution < 1.29 is 9.47 Å². The van der Waals surface area contributed by atoms with Gasteiger partial charge in [0.1, 0.15) is 11.6 Å². The molecule has 1 aliphatic heterocycles. The first-order chi connectivity index (χ1) is 11.7. The number of hydrogen-bond donors (Lipinski definition) is 1. The number of nitrogens with zero attached hydrogens (tertiary/aromatic N) is 3. The highest BCUT2D eigenvalue weighted by Crippen LogP contribution is 2.24. The van der Waals surface area contributed by atoms with Crippen molar-refractivity contribution in [3.05, 3.63) is 47.1 Å². The predicted octanol–water partition coefficient (Wildman–Crippen LogP) is 2.45. The second-order valence-electron chi connectivity index (χ2n) is 5.67. The fraction of sp³-hybridized carbons (Fsp3) is 0.412. The molecule has 1 atom stereocenters. The molecule has 7 heteroatoms. The first kappa shape index (κ1) is 17.0. The maximum Gasteiger partial charge on any atom is 0.148 e. The molecule has 3 rings (SSSR count). The summed E-state index contributed by atoms with van der Waals surface area (Å²) in [6.07, 6.45) is 1.76. The number of rotatable bonds is 6. The third-order valence-electron chi connectivity index (χ3n) is 3.94. The fourth-order valence-electron chi connectivity index (χ4n) is 2.77. The molecule has 0 unspecified atom stereocenters. The molecule has 1 aliphatic rings. The van der Waals surface area contributed by atoms with E-state index in [0.29, 0.717) is 13.2 Å². The number of halogens is 1. The zero-order chi connectivity index (χ0) is 16.8. The Labute approximate surface area is 146 Å². The van der Waals surface area contributed by atoms with Crippen molar-refractivity contribution in [3.63, 3.8) is 0 Å². The number of ether oxygens (including phenoxy) is 2. The fourth-order valence-corrected chi connectivity index (χ4v) is 2.97. The molecule has 6 nitrogen and oxygen atoms in total. The van der Waals surface area contributed by atoms with Crippen LogP contribution in [0.5, 0.6) is 5.75 Å². The number of aromatic nitrogens is 2. The van der Waals surface area contributed by atoms with Crippen molar-refractivity contribution >= 4 is 17.4 Å². The number of benzene rings is 1. The molecule has 1 fully saturated rings. The smallest absolute Gasteiger partial charge is 0.148 e. The summed E-state index contributed by atoms with van der Waals surface area (Å²) in [5.41, 5.74) is 1.09. The summed E-state index contributed by atoms with van der Waals surface area (Å²) in [7, 11) is 1.68. The summed E-state index contributed by atoms with van der Waals surface area (Å²) >= 11 is 6.12. The van der Waals surface area contributed by atoms with Crippen LogP contribution < -0.4 is 10.1 Å². The number of nitrogens with one attached hydrogen (secondary N) is 1. The highest BCUT2D eigenvalue weighted by atomic mass is 35.5. The molecule has 1 aromatic heterocycles. The lowest BCUT2D eigenvalue weighted by atomic mass is 10.1. The number of anilines is 1. The van der Waals surface area contributed by atoms with E-state index in [9.17, 15) is 0 Å². The van der Waals surface area contributed by atoms with Gasteiger partial charge in [0.25, 0.3) is 0 Å². The summed E-state index contributed by atoms with van der Waals surface area (Å²) in [6.45, 7) is 3.91. The maximum atomic E-state index is 6.12. The van der Waals surface area contributed by atoms with Crippen molar-refractivity contribution in [2.45, 2.75) is 12.6 Å². The van der Waals surface area contributed by atoms with Gasteiger partial charge in [-0.25, -0.2) is 0 Å². The van der Waals surface area contributed by atoms with Gasteiger partial charge in [0.2, 0.25) is 0 Å². The third-order valence-corrected chi connectivity index (χ3v) is 4.18. The van der Waals surface area contributed by atoms with Crippen LogP contribution in [0.15, 0.2) is 36.5 Å². The summed E-state index contributed by atoms with van der Waals surface area (Å²) in [4.78, 5) is 2.35. The minimum absolute atomic E-state index is 0.103. The minimum atomic E-state index is 0.103. The monoisotopic (exact) mass is 348 g/mol. The zero-order valence-electron chi connectivity index (χ0n) is 13.6. The highest BCUT2D eigenvalue weighted by molar-refractivity contribution is 6.30. The summed E-state index contributed by atoms with van der Waals surface area (Å²) in [6, 6.07) is 9.46. The molecule has 2 heterocycles. The van der Waals surface area contributed by atoms with Crippen molar-refractivity contribution in [1.82, 2.24) is 15.1 Å². The van der Waals surface area contributed by atoms with Crippen LogP contribution in [0.3, 0.4) is 0 Å². The molecule has 0 radical (unpaired) electrons. The van der Waals surface area contributed by atoms with E-state index in [1.54, 1.807) is 13.3 Å². The Morgan fingerprint density at radius 2 is 2.33 bits per heavy atom. The quantitative estimate of drug-likeness (QED) is 0.865. The first-order valence-corrected chi connectivity index (χ1v) is 8.30. The average Bonchev–Trinajstić information content (AvgIpc) is 2.61. The van der Waals surface area contributed by atoms with Crippen LogP contribution in [0.1, 0.15) is 5.56 Å². The molecule has 0 spiro atoms. The number of methoxy groups -OCH3 is 1. The molecule has 0 amide bonds. The van der Waals surface area contributed by atoms with E-state index in [4.69, 9.17) is 21.1 Å². The second kappa shape index (κ2) is 8.28. The highest BCUT2D eigenvalue weighted by Gasteiger charge is 2.21. The molecule has 24 heavy (non-hydrogen) atoms. The van der Waals surface area contributed by atoms with Crippen molar-refractivity contribution in [2.75, 3.05) is 38.7 Å². The van der Waals surface area contributed by atoms with E-state index in [-0.39, 0.29) is 6.10 Å². The van der Waals surface area contributed by atoms with E-state index in [1.807, 2.05) is 30.3 Å². The van der Waals surface area contributed by atoms with E-state index in [2.05, 4.69) is 20.4 Å². The largest absolute Gasteiger partial charge is 0.496 e. The minimum Gasteiger partial charge on any atom is -0.496 e. The van der Waals surface area contributed by atoms with Crippen LogP contribution in [0.4, 0.5) is 5.82 Å². The van der Waals surface area contributed by atoms with Gasteiger partial charge in [-0.3, -0.25) is 4.90 Å². The van der Waals surface area contributed by atoms with Crippen LogP contribution in [0.25, 0.3) is 0 Å². The van der Waals surface area contributed by atoms with Crippen molar-refractivity contribution in [1.29, 1.82) is 0 Å². The van der Waals surface area contributed by atoms with Gasteiger partial charge in [0.05, 0.1) is 19.8 Å². The van der Waals surface area contributed by atoms with E-state index >= 15 is 0 Å². The SMILES string of the molecule is COc1ccc(Cl)cc1CN1CCO[C@H](CNc2cccnn2)C1. The lowest BCUT2D eigenvalue weighted by molar-refractivity contribution is -0.0242. The predicted molar refractivity (Wildman–Crippen MR) is 93.5 cm³/mol. The van der Waals surface area contributed by atoms with Gasteiger partial charge in [0.15, 0.2) is 0 Å². The lowest BCUT2D eigenvalue weighted by Crippen LogP contribution is -2.44. The van der Waals surface area contributed by atoms with E-state index in [0.717, 1.165) is 41.8 Å². The van der Waals surface area contributed by atoms with Gasteiger partial charge in [-0.1, -0.05) is 11.6 Å².